The minimum absolute atomic E-state index is 0.205. The Kier molecular flexibility index (Phi) is 7.10. The largest absolute Gasteiger partial charge is 0.514 e. The molecular weight excluding hydrogens is 440 g/mol. The van der Waals surface area contributed by atoms with Gasteiger partial charge < -0.3 is 19.1 Å². The topological polar surface area (TPSA) is 73.6 Å². The lowest BCUT2D eigenvalue weighted by atomic mass is 10.0. The zero-order valence-electron chi connectivity index (χ0n) is 20.7. The van der Waals surface area contributed by atoms with Gasteiger partial charge in [-0.1, -0.05) is 61.9 Å². The van der Waals surface area contributed by atoms with Crippen LogP contribution in [0.2, 0.25) is 0 Å². The molecule has 1 heterocycles. The third-order valence-electron chi connectivity index (χ3n) is 5.67. The van der Waals surface area contributed by atoms with E-state index < -0.39 is 11.8 Å². The average molecular weight is 473 g/mol. The fraction of sp³-hybridized carbons (Fsp3) is 0.310. The van der Waals surface area contributed by atoms with Crippen LogP contribution in [0.1, 0.15) is 51.9 Å². The summed E-state index contributed by atoms with van der Waals surface area (Å²) in [6, 6.07) is 21.1. The van der Waals surface area contributed by atoms with Crippen molar-refractivity contribution in [1.29, 1.82) is 0 Å². The Balaban J connectivity index is 1.59. The molecule has 1 aromatic heterocycles. The van der Waals surface area contributed by atoms with Crippen LogP contribution in [0, 0.1) is 0 Å². The highest BCUT2D eigenvalue weighted by molar-refractivity contribution is 5.82. The molecule has 6 heteroatoms. The normalized spacial score (nSPS) is 11.5. The second kappa shape index (κ2) is 10.2. The number of hydrogen-bond acceptors (Lipinski definition) is 5. The van der Waals surface area contributed by atoms with Crippen LogP contribution in [0.25, 0.3) is 22.2 Å². The van der Waals surface area contributed by atoms with E-state index in [2.05, 4.69) is 23.6 Å². The zero-order valence-corrected chi connectivity index (χ0v) is 20.7. The number of hydrogen-bond donors (Lipinski definition) is 1. The van der Waals surface area contributed by atoms with Crippen LogP contribution in [-0.4, -0.2) is 26.4 Å². The minimum atomic E-state index is -0.726. The van der Waals surface area contributed by atoms with Crippen LogP contribution in [0.4, 0.5) is 4.79 Å². The maximum absolute atomic E-state index is 12.2. The number of aromatic nitrogens is 2. The molecule has 4 aromatic rings. The standard InChI is InChI=1S/C29H32N2O4/c1-5-6-14-26-30-27-23(11-9-12-24(27)32)31(26)19-20-15-17-21(18-16-20)22-10-7-8-13-25(22)34-28(33)35-29(2,3)4/h7-13,15-18,32H,5-6,14,19H2,1-4H3. The lowest BCUT2D eigenvalue weighted by Crippen LogP contribution is -2.26. The highest BCUT2D eigenvalue weighted by atomic mass is 16.7. The van der Waals surface area contributed by atoms with Crippen molar-refractivity contribution in [3.63, 3.8) is 0 Å². The average Bonchev–Trinajstić information content (AvgIpc) is 3.16. The Morgan fingerprint density at radius 3 is 2.46 bits per heavy atom. The number of carbonyl (C=O) groups excluding carboxylic acids is 1. The monoisotopic (exact) mass is 472 g/mol. The van der Waals surface area contributed by atoms with Crippen molar-refractivity contribution < 1.29 is 19.4 Å². The van der Waals surface area contributed by atoms with Crippen LogP contribution in [-0.2, 0) is 17.7 Å². The lowest BCUT2D eigenvalue weighted by molar-refractivity contribution is 0.0207. The SMILES string of the molecule is CCCCc1nc2c(O)cccc2n1Cc1ccc(-c2ccccc2OC(=O)OC(C)(C)C)cc1. The van der Waals surface area contributed by atoms with E-state index in [-0.39, 0.29) is 5.75 Å². The molecule has 0 unspecified atom stereocenters. The second-order valence-corrected chi connectivity index (χ2v) is 9.62. The molecular formula is C29H32N2O4. The number of aromatic hydroxyl groups is 1. The molecule has 0 saturated carbocycles. The fourth-order valence-electron chi connectivity index (χ4n) is 4.01. The van der Waals surface area contributed by atoms with Gasteiger partial charge in [0.25, 0.3) is 0 Å². The first kappa shape index (κ1) is 24.3. The van der Waals surface area contributed by atoms with Crippen molar-refractivity contribution in [2.24, 2.45) is 0 Å². The number of ether oxygens (including phenoxy) is 2. The third kappa shape index (κ3) is 5.83. The van der Waals surface area contributed by atoms with E-state index in [4.69, 9.17) is 14.5 Å². The van der Waals surface area contributed by atoms with Gasteiger partial charge in [-0.05, 0) is 56.5 Å². The van der Waals surface area contributed by atoms with E-state index in [1.54, 1.807) is 32.9 Å². The number of nitrogens with zero attached hydrogens (tertiary/aromatic N) is 2. The van der Waals surface area contributed by atoms with Gasteiger partial charge >= 0.3 is 6.16 Å². The summed E-state index contributed by atoms with van der Waals surface area (Å²) in [5.41, 5.74) is 3.80. The summed E-state index contributed by atoms with van der Waals surface area (Å²) in [4.78, 5) is 16.9. The second-order valence-electron chi connectivity index (χ2n) is 9.62. The summed E-state index contributed by atoms with van der Waals surface area (Å²) >= 11 is 0. The molecule has 3 aromatic carbocycles. The maximum atomic E-state index is 12.2. The van der Waals surface area contributed by atoms with E-state index in [0.29, 0.717) is 17.8 Å². The van der Waals surface area contributed by atoms with Crippen LogP contribution in [0.5, 0.6) is 11.5 Å². The Bertz CT molecular complexity index is 1320. The van der Waals surface area contributed by atoms with E-state index in [1.165, 1.54) is 0 Å². The Hall–Kier alpha value is -3.80. The number of phenols is 1. The first-order chi connectivity index (χ1) is 16.7. The molecule has 182 valence electrons. The number of para-hydroxylation sites is 2. The van der Waals surface area contributed by atoms with Crippen LogP contribution >= 0.6 is 0 Å². The number of rotatable bonds is 7. The third-order valence-corrected chi connectivity index (χ3v) is 5.67. The molecule has 35 heavy (non-hydrogen) atoms. The van der Waals surface area contributed by atoms with Crippen molar-refractivity contribution in [3.05, 3.63) is 78.1 Å². The summed E-state index contributed by atoms with van der Waals surface area (Å²) in [7, 11) is 0. The van der Waals surface area contributed by atoms with Crippen molar-refractivity contribution in [1.82, 2.24) is 9.55 Å². The minimum Gasteiger partial charge on any atom is -0.506 e. The van der Waals surface area contributed by atoms with Gasteiger partial charge in [0, 0.05) is 18.5 Å². The number of unbranched alkanes of at least 4 members (excludes halogenated alkanes) is 1. The molecule has 0 radical (unpaired) electrons. The van der Waals surface area contributed by atoms with E-state index in [1.807, 2.05) is 42.5 Å². The molecule has 0 aliphatic heterocycles. The fourth-order valence-corrected chi connectivity index (χ4v) is 4.01. The summed E-state index contributed by atoms with van der Waals surface area (Å²) in [5, 5.41) is 10.3. The highest BCUT2D eigenvalue weighted by Gasteiger charge is 2.19. The highest BCUT2D eigenvalue weighted by Crippen LogP contribution is 2.31. The zero-order chi connectivity index (χ0) is 25.0. The summed E-state index contributed by atoms with van der Waals surface area (Å²) in [6.07, 6.45) is 2.25. The molecule has 6 nitrogen and oxygen atoms in total. The van der Waals surface area contributed by atoms with Gasteiger partial charge in [-0.3, -0.25) is 0 Å². The predicted octanol–water partition coefficient (Wildman–Crippen LogP) is 7.11. The number of aryl methyl sites for hydroxylation is 1. The number of imidazole rings is 1. The van der Waals surface area contributed by atoms with Crippen LogP contribution in [0.3, 0.4) is 0 Å². The van der Waals surface area contributed by atoms with E-state index >= 15 is 0 Å². The van der Waals surface area contributed by atoms with Crippen molar-refractivity contribution in [2.45, 2.75) is 59.1 Å². The van der Waals surface area contributed by atoms with Crippen LogP contribution < -0.4 is 4.74 Å². The van der Waals surface area contributed by atoms with E-state index in [9.17, 15) is 9.90 Å². The molecule has 0 saturated heterocycles. The molecule has 0 amide bonds. The smallest absolute Gasteiger partial charge is 0.506 e. The first-order valence-electron chi connectivity index (χ1n) is 12.0. The molecule has 0 fully saturated rings. The summed E-state index contributed by atoms with van der Waals surface area (Å²) in [6.45, 7) is 8.22. The van der Waals surface area contributed by atoms with Gasteiger partial charge in [0.05, 0.1) is 5.52 Å². The number of benzene rings is 3. The summed E-state index contributed by atoms with van der Waals surface area (Å²) < 4.78 is 13.0. The Morgan fingerprint density at radius 2 is 1.74 bits per heavy atom. The molecule has 1 N–H and O–H groups in total. The molecule has 0 aliphatic rings. The van der Waals surface area contributed by atoms with Crippen molar-refractivity contribution in [2.75, 3.05) is 0 Å². The van der Waals surface area contributed by atoms with Gasteiger partial charge in [-0.2, -0.15) is 0 Å². The molecule has 0 spiro atoms. The Morgan fingerprint density at radius 1 is 1.00 bits per heavy atom. The maximum Gasteiger partial charge on any atom is 0.514 e. The van der Waals surface area contributed by atoms with Crippen molar-refractivity contribution in [3.8, 4) is 22.6 Å². The molecule has 4 rings (SSSR count). The van der Waals surface area contributed by atoms with Gasteiger partial charge in [-0.25, -0.2) is 9.78 Å². The number of carbonyl (C=O) groups is 1. The van der Waals surface area contributed by atoms with Gasteiger partial charge in [0.1, 0.15) is 28.4 Å². The van der Waals surface area contributed by atoms with Crippen molar-refractivity contribution >= 4 is 17.2 Å². The number of phenolic OH excluding ortho intramolecular Hbond substituents is 1. The van der Waals surface area contributed by atoms with Gasteiger partial charge in [0.2, 0.25) is 0 Å². The Labute approximate surface area is 206 Å². The van der Waals surface area contributed by atoms with E-state index in [0.717, 1.165) is 47.3 Å². The molecule has 0 bridgehead atoms. The van der Waals surface area contributed by atoms with Crippen LogP contribution in [0.15, 0.2) is 66.7 Å². The molecule has 0 atom stereocenters. The van der Waals surface area contributed by atoms with Gasteiger partial charge in [-0.15, -0.1) is 0 Å². The summed E-state index contributed by atoms with van der Waals surface area (Å²) in [5.74, 6) is 1.63. The number of fused-ring (bicyclic) bond motifs is 1. The first-order valence-corrected chi connectivity index (χ1v) is 12.0. The quantitative estimate of drug-likeness (QED) is 0.229. The lowest BCUT2D eigenvalue weighted by Gasteiger charge is -2.19. The van der Waals surface area contributed by atoms with Gasteiger partial charge in [0.15, 0.2) is 0 Å². The molecule has 0 aliphatic carbocycles. The predicted molar refractivity (Wildman–Crippen MR) is 138 cm³/mol.